The summed E-state index contributed by atoms with van der Waals surface area (Å²) >= 11 is 0. The third kappa shape index (κ3) is 3.14. The van der Waals surface area contributed by atoms with Gasteiger partial charge >= 0.3 is 0 Å². The third-order valence-corrected chi connectivity index (χ3v) is 3.27. The second kappa shape index (κ2) is 5.25. The highest BCUT2D eigenvalue weighted by Gasteiger charge is 2.26. The molecule has 0 saturated carbocycles. The van der Waals surface area contributed by atoms with Crippen molar-refractivity contribution in [1.82, 2.24) is 4.90 Å². The zero-order valence-electron chi connectivity index (χ0n) is 9.52. The summed E-state index contributed by atoms with van der Waals surface area (Å²) in [5.41, 5.74) is 5.61. The van der Waals surface area contributed by atoms with Crippen molar-refractivity contribution in [1.29, 1.82) is 0 Å². The van der Waals surface area contributed by atoms with Crippen LogP contribution < -0.4 is 5.73 Å². The molecule has 2 rings (SSSR count). The van der Waals surface area contributed by atoms with Crippen LogP contribution in [-0.4, -0.2) is 56.0 Å². The van der Waals surface area contributed by atoms with E-state index < -0.39 is 0 Å². The van der Waals surface area contributed by atoms with Crippen molar-refractivity contribution in [3.05, 3.63) is 0 Å². The predicted octanol–water partition coefficient (Wildman–Crippen LogP) is 0.213. The Kier molecular flexibility index (Phi) is 3.97. The number of hydrogen-bond acceptors (Lipinski definition) is 4. The van der Waals surface area contributed by atoms with Crippen LogP contribution in [0.25, 0.3) is 0 Å². The Hall–Kier alpha value is -0.160. The topological polar surface area (TPSA) is 47.7 Å². The van der Waals surface area contributed by atoms with Gasteiger partial charge in [-0.1, -0.05) is 0 Å². The molecule has 0 aliphatic carbocycles. The van der Waals surface area contributed by atoms with E-state index in [0.29, 0.717) is 18.8 Å². The van der Waals surface area contributed by atoms with Crippen LogP contribution in [0.5, 0.6) is 0 Å². The van der Waals surface area contributed by atoms with E-state index in [-0.39, 0.29) is 6.10 Å². The molecule has 4 heteroatoms. The number of hydrogen-bond donors (Lipinski definition) is 1. The monoisotopic (exact) mass is 214 g/mol. The second-order valence-corrected chi connectivity index (χ2v) is 4.63. The summed E-state index contributed by atoms with van der Waals surface area (Å²) in [5.74, 6) is 0. The highest BCUT2D eigenvalue weighted by Crippen LogP contribution is 2.20. The molecule has 4 nitrogen and oxygen atoms in total. The molecule has 0 aromatic carbocycles. The molecule has 88 valence electrons. The molecule has 15 heavy (non-hydrogen) atoms. The van der Waals surface area contributed by atoms with Gasteiger partial charge in [0.15, 0.2) is 0 Å². The summed E-state index contributed by atoms with van der Waals surface area (Å²) < 4.78 is 11.4. The van der Waals surface area contributed by atoms with E-state index in [4.69, 9.17) is 15.2 Å². The van der Waals surface area contributed by atoms with E-state index in [9.17, 15) is 0 Å². The van der Waals surface area contributed by atoms with Gasteiger partial charge in [-0.2, -0.15) is 0 Å². The van der Waals surface area contributed by atoms with Crippen molar-refractivity contribution in [2.24, 2.45) is 5.73 Å². The molecule has 2 aliphatic rings. The average Bonchev–Trinajstić information content (AvgIpc) is 2.64. The van der Waals surface area contributed by atoms with Crippen LogP contribution >= 0.6 is 0 Å². The predicted molar refractivity (Wildman–Crippen MR) is 58.8 cm³/mol. The van der Waals surface area contributed by atoms with Crippen LogP contribution in [0.4, 0.5) is 0 Å². The normalized spacial score (nSPS) is 38.4. The first-order chi connectivity index (χ1) is 7.28. The highest BCUT2D eigenvalue weighted by atomic mass is 16.5. The van der Waals surface area contributed by atoms with Crippen LogP contribution in [0.1, 0.15) is 19.8 Å². The number of rotatable bonds is 3. The standard InChI is InChI=1S/C11H22N2O2/c1-9-2-3-10(15-9)7-13-4-5-14-11(6-12)8-13/h9-11H,2-8,12H2,1H3. The molecule has 0 spiro atoms. The Morgan fingerprint density at radius 1 is 1.33 bits per heavy atom. The Morgan fingerprint density at radius 2 is 2.20 bits per heavy atom. The smallest absolute Gasteiger partial charge is 0.0824 e. The molecule has 0 radical (unpaired) electrons. The van der Waals surface area contributed by atoms with Gasteiger partial charge in [0.05, 0.1) is 24.9 Å². The van der Waals surface area contributed by atoms with Gasteiger partial charge in [-0.05, 0) is 19.8 Å². The van der Waals surface area contributed by atoms with Gasteiger partial charge in [0, 0.05) is 26.2 Å². The Morgan fingerprint density at radius 3 is 2.87 bits per heavy atom. The maximum absolute atomic E-state index is 5.82. The second-order valence-electron chi connectivity index (χ2n) is 4.63. The summed E-state index contributed by atoms with van der Waals surface area (Å²) in [6, 6.07) is 0. The molecule has 3 unspecified atom stereocenters. The van der Waals surface area contributed by atoms with Crippen molar-refractivity contribution in [2.45, 2.75) is 38.1 Å². The molecule has 0 aromatic rings. The maximum atomic E-state index is 5.82. The van der Waals surface area contributed by atoms with Gasteiger partial charge in [0.2, 0.25) is 0 Å². The minimum atomic E-state index is 0.220. The maximum Gasteiger partial charge on any atom is 0.0824 e. The minimum Gasteiger partial charge on any atom is -0.374 e. The van der Waals surface area contributed by atoms with Gasteiger partial charge in [-0.25, -0.2) is 0 Å². The summed E-state index contributed by atoms with van der Waals surface area (Å²) in [4.78, 5) is 2.42. The van der Waals surface area contributed by atoms with E-state index >= 15 is 0 Å². The number of ether oxygens (including phenoxy) is 2. The molecule has 0 bridgehead atoms. The van der Waals surface area contributed by atoms with Gasteiger partial charge < -0.3 is 15.2 Å². The molecular weight excluding hydrogens is 192 g/mol. The zero-order chi connectivity index (χ0) is 10.7. The lowest BCUT2D eigenvalue weighted by atomic mass is 10.2. The Bertz CT molecular complexity index is 201. The molecular formula is C11H22N2O2. The molecule has 0 aromatic heterocycles. The first-order valence-corrected chi connectivity index (χ1v) is 5.97. The largest absolute Gasteiger partial charge is 0.374 e. The van der Waals surface area contributed by atoms with Gasteiger partial charge in [-0.3, -0.25) is 4.90 Å². The number of morpholine rings is 1. The van der Waals surface area contributed by atoms with Crippen molar-refractivity contribution < 1.29 is 9.47 Å². The van der Waals surface area contributed by atoms with E-state index in [1.54, 1.807) is 0 Å². The molecule has 2 saturated heterocycles. The zero-order valence-corrected chi connectivity index (χ0v) is 9.52. The van der Waals surface area contributed by atoms with E-state index in [0.717, 1.165) is 26.2 Å². The van der Waals surface area contributed by atoms with Crippen LogP contribution in [0.2, 0.25) is 0 Å². The first kappa shape index (κ1) is 11.3. The van der Waals surface area contributed by atoms with Crippen molar-refractivity contribution in [2.75, 3.05) is 32.8 Å². The molecule has 0 amide bonds. The van der Waals surface area contributed by atoms with Crippen LogP contribution in [0, 0.1) is 0 Å². The van der Waals surface area contributed by atoms with Gasteiger partial charge in [-0.15, -0.1) is 0 Å². The van der Waals surface area contributed by atoms with Crippen LogP contribution in [0.3, 0.4) is 0 Å². The fraction of sp³-hybridized carbons (Fsp3) is 1.00. The van der Waals surface area contributed by atoms with E-state index in [2.05, 4.69) is 11.8 Å². The summed E-state index contributed by atoms with van der Waals surface area (Å²) in [5, 5.41) is 0. The SMILES string of the molecule is CC1CCC(CN2CCOC(CN)C2)O1. The highest BCUT2D eigenvalue weighted by molar-refractivity contribution is 4.78. The lowest BCUT2D eigenvalue weighted by Crippen LogP contribution is -2.47. The van der Waals surface area contributed by atoms with Gasteiger partial charge in [0.25, 0.3) is 0 Å². The molecule has 2 aliphatic heterocycles. The van der Waals surface area contributed by atoms with Crippen LogP contribution in [0.15, 0.2) is 0 Å². The summed E-state index contributed by atoms with van der Waals surface area (Å²) in [6.07, 6.45) is 3.50. The Labute approximate surface area is 91.7 Å². The lowest BCUT2D eigenvalue weighted by molar-refractivity contribution is -0.0443. The summed E-state index contributed by atoms with van der Waals surface area (Å²) in [6.45, 7) is 6.62. The fourth-order valence-electron chi connectivity index (χ4n) is 2.40. The molecule has 3 atom stereocenters. The molecule has 2 N–H and O–H groups in total. The minimum absolute atomic E-state index is 0.220. The van der Waals surface area contributed by atoms with E-state index in [1.807, 2.05) is 0 Å². The molecule has 2 fully saturated rings. The lowest BCUT2D eigenvalue weighted by Gasteiger charge is -2.33. The third-order valence-electron chi connectivity index (χ3n) is 3.27. The summed E-state index contributed by atoms with van der Waals surface area (Å²) in [7, 11) is 0. The fourth-order valence-corrected chi connectivity index (χ4v) is 2.40. The number of nitrogens with two attached hydrogens (primary N) is 1. The van der Waals surface area contributed by atoms with Crippen molar-refractivity contribution in [3.63, 3.8) is 0 Å². The van der Waals surface area contributed by atoms with Crippen molar-refractivity contribution in [3.8, 4) is 0 Å². The number of nitrogens with zero attached hydrogens (tertiary/aromatic N) is 1. The average molecular weight is 214 g/mol. The first-order valence-electron chi connectivity index (χ1n) is 5.97. The van der Waals surface area contributed by atoms with Crippen LogP contribution in [-0.2, 0) is 9.47 Å². The van der Waals surface area contributed by atoms with Crippen molar-refractivity contribution >= 4 is 0 Å². The van der Waals surface area contributed by atoms with Gasteiger partial charge in [0.1, 0.15) is 0 Å². The Balaban J connectivity index is 1.74. The molecule has 2 heterocycles. The quantitative estimate of drug-likeness (QED) is 0.730. The van der Waals surface area contributed by atoms with E-state index in [1.165, 1.54) is 12.8 Å².